The maximum atomic E-state index is 11.1. The summed E-state index contributed by atoms with van der Waals surface area (Å²) in [4.78, 5) is 0.0407. The van der Waals surface area contributed by atoms with Gasteiger partial charge in [-0.25, -0.2) is 8.42 Å². The molecule has 0 N–H and O–H groups in total. The van der Waals surface area contributed by atoms with Crippen molar-refractivity contribution in [1.29, 1.82) is 0 Å². The second-order valence-electron chi connectivity index (χ2n) is 3.02. The second-order valence-corrected chi connectivity index (χ2v) is 6.07. The van der Waals surface area contributed by atoms with Crippen molar-refractivity contribution in [3.8, 4) is 5.75 Å². The van der Waals surface area contributed by atoms with Crippen molar-refractivity contribution in [3.05, 3.63) is 33.7 Å². The smallest absolute Gasteiger partial charge is 0.260 e. The van der Waals surface area contributed by atoms with Gasteiger partial charge in [0.05, 0.1) is 4.91 Å². The van der Waals surface area contributed by atoms with Crippen LogP contribution in [-0.4, -0.2) is 15.0 Å². The summed E-state index contributed by atoms with van der Waals surface area (Å²) >= 11 is 5.77. The summed E-state index contributed by atoms with van der Waals surface area (Å²) in [6, 6.07) is 4.98. The molecular weight excluding hydrogens is 259 g/mol. The Morgan fingerprint density at radius 3 is 2.73 bits per heavy atom. The summed E-state index contributed by atoms with van der Waals surface area (Å²) in [5.41, 5.74) is 0.618. The molecule has 0 aliphatic carbocycles. The Bertz CT molecular complexity index is 534. The van der Waals surface area contributed by atoms with Crippen LogP contribution >= 0.6 is 22.3 Å². The monoisotopic (exact) mass is 264 g/mol. The molecule has 2 rings (SSSR count). The molecule has 0 spiro atoms. The van der Waals surface area contributed by atoms with Gasteiger partial charge in [-0.05, 0) is 24.3 Å². The van der Waals surface area contributed by atoms with Gasteiger partial charge < -0.3 is 4.74 Å². The summed E-state index contributed by atoms with van der Waals surface area (Å²) in [7, 11) is 1.49. The molecule has 1 aliphatic heterocycles. The molecule has 0 fully saturated rings. The minimum atomic E-state index is -3.72. The number of halogens is 2. The molecule has 0 bridgehead atoms. The predicted octanol–water partition coefficient (Wildman–Crippen LogP) is 2.64. The maximum absolute atomic E-state index is 11.1. The Balaban J connectivity index is 2.54. The van der Waals surface area contributed by atoms with E-state index in [1.165, 1.54) is 6.08 Å². The molecule has 15 heavy (non-hydrogen) atoms. The highest BCUT2D eigenvalue weighted by molar-refractivity contribution is 8.17. The Kier molecular flexibility index (Phi) is 2.66. The summed E-state index contributed by atoms with van der Waals surface area (Å²) in [5, 5.41) is 0.516. The SMILES string of the molecule is O=S(=O)(Cl)C1=Cc2cc(Cl)ccc2OC1. The first-order valence-corrected chi connectivity index (χ1v) is 6.73. The molecule has 0 radical (unpaired) electrons. The molecule has 1 heterocycles. The number of ether oxygens (including phenoxy) is 1. The summed E-state index contributed by atoms with van der Waals surface area (Å²) in [6.07, 6.45) is 1.47. The summed E-state index contributed by atoms with van der Waals surface area (Å²) in [5.74, 6) is 0.600. The van der Waals surface area contributed by atoms with E-state index in [1.807, 2.05) is 0 Å². The van der Waals surface area contributed by atoms with E-state index in [-0.39, 0.29) is 11.5 Å². The first-order valence-electron chi connectivity index (χ1n) is 4.04. The van der Waals surface area contributed by atoms with Crippen molar-refractivity contribution >= 4 is 37.4 Å². The van der Waals surface area contributed by atoms with Crippen LogP contribution in [0.2, 0.25) is 5.02 Å². The lowest BCUT2D eigenvalue weighted by Crippen LogP contribution is -2.11. The molecule has 6 heteroatoms. The van der Waals surface area contributed by atoms with E-state index >= 15 is 0 Å². The molecular formula is C9H6Cl2O3S. The van der Waals surface area contributed by atoms with Gasteiger partial charge >= 0.3 is 0 Å². The van der Waals surface area contributed by atoms with Crippen molar-refractivity contribution in [2.24, 2.45) is 0 Å². The van der Waals surface area contributed by atoms with Gasteiger partial charge in [0.25, 0.3) is 9.05 Å². The van der Waals surface area contributed by atoms with E-state index in [2.05, 4.69) is 0 Å². The van der Waals surface area contributed by atoms with Gasteiger partial charge in [-0.1, -0.05) is 11.6 Å². The largest absolute Gasteiger partial charge is 0.487 e. The third-order valence-corrected chi connectivity index (χ3v) is 3.66. The van der Waals surface area contributed by atoms with E-state index in [0.29, 0.717) is 16.3 Å². The number of rotatable bonds is 1. The van der Waals surface area contributed by atoms with Crippen LogP contribution in [0.15, 0.2) is 23.1 Å². The summed E-state index contributed by atoms with van der Waals surface area (Å²) < 4.78 is 27.4. The van der Waals surface area contributed by atoms with E-state index in [4.69, 9.17) is 27.0 Å². The van der Waals surface area contributed by atoms with Crippen molar-refractivity contribution in [2.75, 3.05) is 6.61 Å². The van der Waals surface area contributed by atoms with Crippen LogP contribution in [0.5, 0.6) is 5.75 Å². The normalized spacial score (nSPS) is 15.2. The fourth-order valence-electron chi connectivity index (χ4n) is 1.27. The van der Waals surface area contributed by atoms with Gasteiger partial charge in [-0.15, -0.1) is 0 Å². The van der Waals surface area contributed by atoms with Crippen molar-refractivity contribution in [1.82, 2.24) is 0 Å². The van der Waals surface area contributed by atoms with Crippen molar-refractivity contribution in [3.63, 3.8) is 0 Å². The standard InChI is InChI=1S/C9H6Cl2O3S/c10-7-1-2-9-6(3-7)4-8(5-14-9)15(11,12)13/h1-4H,5H2. The van der Waals surface area contributed by atoms with Crippen LogP contribution in [0.4, 0.5) is 0 Å². The Morgan fingerprint density at radius 2 is 2.07 bits per heavy atom. The number of hydrogen-bond acceptors (Lipinski definition) is 3. The average Bonchev–Trinajstić information content (AvgIpc) is 2.15. The lowest BCUT2D eigenvalue weighted by atomic mass is 10.1. The van der Waals surface area contributed by atoms with E-state index < -0.39 is 9.05 Å². The molecule has 0 aromatic heterocycles. The number of benzene rings is 1. The third-order valence-electron chi connectivity index (χ3n) is 1.97. The Morgan fingerprint density at radius 1 is 1.33 bits per heavy atom. The van der Waals surface area contributed by atoms with Gasteiger partial charge in [0.1, 0.15) is 12.4 Å². The molecule has 80 valence electrons. The van der Waals surface area contributed by atoms with E-state index in [0.717, 1.165) is 0 Å². The van der Waals surface area contributed by atoms with Crippen LogP contribution in [0.1, 0.15) is 5.56 Å². The van der Waals surface area contributed by atoms with E-state index in [1.54, 1.807) is 18.2 Å². The zero-order chi connectivity index (χ0) is 11.1. The quantitative estimate of drug-likeness (QED) is 0.733. The van der Waals surface area contributed by atoms with Gasteiger partial charge in [-0.2, -0.15) is 0 Å². The lowest BCUT2D eigenvalue weighted by Gasteiger charge is -2.15. The molecule has 3 nitrogen and oxygen atoms in total. The highest BCUT2D eigenvalue weighted by atomic mass is 35.7. The molecule has 0 saturated heterocycles. The molecule has 0 unspecified atom stereocenters. The minimum Gasteiger partial charge on any atom is -0.487 e. The van der Waals surface area contributed by atoms with Crippen LogP contribution in [0, 0.1) is 0 Å². The fourth-order valence-corrected chi connectivity index (χ4v) is 2.18. The van der Waals surface area contributed by atoms with Gasteiger partial charge in [0.2, 0.25) is 0 Å². The second kappa shape index (κ2) is 3.70. The number of hydrogen-bond donors (Lipinski definition) is 0. The van der Waals surface area contributed by atoms with Crippen LogP contribution in [0.25, 0.3) is 6.08 Å². The zero-order valence-corrected chi connectivity index (χ0v) is 9.73. The van der Waals surface area contributed by atoms with Crippen LogP contribution < -0.4 is 4.74 Å². The Labute approximate surface area is 96.7 Å². The fraction of sp³-hybridized carbons (Fsp3) is 0.111. The summed E-state index contributed by atoms with van der Waals surface area (Å²) in [6.45, 7) is -0.0412. The molecule has 0 amide bonds. The molecule has 1 aliphatic rings. The highest BCUT2D eigenvalue weighted by Gasteiger charge is 2.20. The minimum absolute atomic E-state index is 0.0407. The molecule has 0 atom stereocenters. The molecule has 0 saturated carbocycles. The third kappa shape index (κ3) is 2.27. The first kappa shape index (κ1) is 10.8. The first-order chi connectivity index (χ1) is 6.97. The van der Waals surface area contributed by atoms with Gasteiger partial charge in [-0.3, -0.25) is 0 Å². The zero-order valence-electron chi connectivity index (χ0n) is 7.41. The average molecular weight is 265 g/mol. The van der Waals surface area contributed by atoms with Gasteiger partial charge in [0.15, 0.2) is 0 Å². The van der Waals surface area contributed by atoms with Crippen molar-refractivity contribution in [2.45, 2.75) is 0 Å². The highest BCUT2D eigenvalue weighted by Crippen LogP contribution is 2.31. The molecule has 1 aromatic carbocycles. The van der Waals surface area contributed by atoms with Crippen LogP contribution in [-0.2, 0) is 9.05 Å². The predicted molar refractivity (Wildman–Crippen MR) is 59.7 cm³/mol. The van der Waals surface area contributed by atoms with E-state index in [9.17, 15) is 8.42 Å². The lowest BCUT2D eigenvalue weighted by molar-refractivity contribution is 0.354. The van der Waals surface area contributed by atoms with Crippen LogP contribution in [0.3, 0.4) is 0 Å². The maximum Gasteiger partial charge on any atom is 0.260 e. The Hall–Kier alpha value is -0.710. The van der Waals surface area contributed by atoms with Crippen molar-refractivity contribution < 1.29 is 13.2 Å². The number of fused-ring (bicyclic) bond motifs is 1. The topological polar surface area (TPSA) is 43.4 Å². The molecule has 1 aromatic rings. The van der Waals surface area contributed by atoms with Gasteiger partial charge in [0, 0.05) is 21.3 Å².